The van der Waals surface area contributed by atoms with Crippen molar-refractivity contribution in [3.8, 4) is 0 Å². The molecule has 1 fully saturated rings. The fourth-order valence-corrected chi connectivity index (χ4v) is 2.37. The van der Waals surface area contributed by atoms with E-state index in [9.17, 15) is 9.59 Å². The first kappa shape index (κ1) is 13.7. The van der Waals surface area contributed by atoms with Gasteiger partial charge in [-0.25, -0.2) is 0 Å². The summed E-state index contributed by atoms with van der Waals surface area (Å²) in [5.74, 6) is -0.194. The Kier molecular flexibility index (Phi) is 4.32. The molecule has 0 bridgehead atoms. The number of anilines is 1. The second kappa shape index (κ2) is 5.97. The molecule has 4 heteroatoms. The summed E-state index contributed by atoms with van der Waals surface area (Å²) in [6.45, 7) is 5.08. The number of benzene rings is 1. The molecule has 1 saturated heterocycles. The number of nitrogens with one attached hydrogen (secondary N) is 1. The van der Waals surface area contributed by atoms with Crippen LogP contribution in [0.15, 0.2) is 24.3 Å². The van der Waals surface area contributed by atoms with E-state index in [0.29, 0.717) is 12.8 Å². The van der Waals surface area contributed by atoms with Crippen molar-refractivity contribution in [1.82, 2.24) is 5.32 Å². The Morgan fingerprint density at radius 1 is 1.21 bits per heavy atom. The maximum atomic E-state index is 11.9. The average Bonchev–Trinajstić information content (AvgIpc) is 2.75. The van der Waals surface area contributed by atoms with Crippen molar-refractivity contribution in [2.75, 3.05) is 11.4 Å². The summed E-state index contributed by atoms with van der Waals surface area (Å²) >= 11 is 0. The molecule has 0 aromatic heterocycles. The van der Waals surface area contributed by atoms with Crippen LogP contribution in [0.1, 0.15) is 44.7 Å². The predicted molar refractivity (Wildman–Crippen MR) is 74.9 cm³/mol. The van der Waals surface area contributed by atoms with E-state index < -0.39 is 0 Å². The molecule has 1 aromatic carbocycles. The smallest absolute Gasteiger partial charge is 0.234 e. The molecule has 0 spiro atoms. The second-order valence-electron chi connectivity index (χ2n) is 4.86. The summed E-state index contributed by atoms with van der Waals surface area (Å²) in [4.78, 5) is 25.1. The van der Waals surface area contributed by atoms with Gasteiger partial charge in [0, 0.05) is 18.9 Å². The van der Waals surface area contributed by atoms with Crippen molar-refractivity contribution < 1.29 is 9.59 Å². The van der Waals surface area contributed by atoms with Gasteiger partial charge in [0.15, 0.2) is 0 Å². The van der Waals surface area contributed by atoms with Gasteiger partial charge in [0.25, 0.3) is 0 Å². The van der Waals surface area contributed by atoms with Crippen LogP contribution in [0.4, 0.5) is 5.69 Å². The van der Waals surface area contributed by atoms with Crippen LogP contribution >= 0.6 is 0 Å². The second-order valence-corrected chi connectivity index (χ2v) is 4.86. The van der Waals surface area contributed by atoms with E-state index >= 15 is 0 Å². The molecule has 1 atom stereocenters. The lowest BCUT2D eigenvalue weighted by Crippen LogP contribution is -2.31. The molecule has 102 valence electrons. The molecule has 1 heterocycles. The molecular formula is C15H20N2O2. The minimum Gasteiger partial charge on any atom is -0.310 e. The first-order valence-corrected chi connectivity index (χ1v) is 6.83. The maximum Gasteiger partial charge on any atom is 0.234 e. The molecule has 19 heavy (non-hydrogen) atoms. The van der Waals surface area contributed by atoms with Crippen LogP contribution in [0, 0.1) is 0 Å². The molecule has 1 aliphatic rings. The first-order chi connectivity index (χ1) is 9.15. The zero-order chi connectivity index (χ0) is 13.8. The number of amides is 2. The van der Waals surface area contributed by atoms with E-state index in [1.165, 1.54) is 4.90 Å². The Bertz CT molecular complexity index is 469. The number of imide groups is 1. The Labute approximate surface area is 113 Å². The highest BCUT2D eigenvalue weighted by Gasteiger charge is 2.32. The van der Waals surface area contributed by atoms with Crippen molar-refractivity contribution in [2.24, 2.45) is 0 Å². The molecule has 4 nitrogen and oxygen atoms in total. The average molecular weight is 260 g/mol. The summed E-state index contributed by atoms with van der Waals surface area (Å²) in [6.07, 6.45) is 1.70. The molecule has 0 saturated carbocycles. The van der Waals surface area contributed by atoms with Crippen LogP contribution in [0.2, 0.25) is 0 Å². The van der Waals surface area contributed by atoms with Crippen molar-refractivity contribution in [2.45, 2.75) is 39.2 Å². The van der Waals surface area contributed by atoms with E-state index in [0.717, 1.165) is 24.2 Å². The van der Waals surface area contributed by atoms with Gasteiger partial charge in [-0.3, -0.25) is 14.5 Å². The number of carbonyl (C=O) groups excluding carboxylic acids is 2. The molecule has 2 amide bonds. The van der Waals surface area contributed by atoms with E-state index in [1.54, 1.807) is 0 Å². The summed E-state index contributed by atoms with van der Waals surface area (Å²) in [5.41, 5.74) is 1.73. The number of rotatable bonds is 5. The largest absolute Gasteiger partial charge is 0.310 e. The fraction of sp³-hybridized carbons (Fsp3) is 0.467. The number of para-hydroxylation sites is 1. The highest BCUT2D eigenvalue weighted by molar-refractivity contribution is 6.20. The van der Waals surface area contributed by atoms with Gasteiger partial charge >= 0.3 is 0 Å². The molecule has 2 rings (SSSR count). The fourth-order valence-electron chi connectivity index (χ4n) is 2.37. The summed E-state index contributed by atoms with van der Waals surface area (Å²) < 4.78 is 0. The van der Waals surface area contributed by atoms with Gasteiger partial charge in [-0.15, -0.1) is 0 Å². The molecule has 1 N–H and O–H groups in total. The number of hydrogen-bond acceptors (Lipinski definition) is 3. The molecule has 1 unspecified atom stereocenters. The Morgan fingerprint density at radius 2 is 1.84 bits per heavy atom. The Balaban J connectivity index is 2.30. The highest BCUT2D eigenvalue weighted by atomic mass is 16.2. The van der Waals surface area contributed by atoms with Gasteiger partial charge in [-0.05, 0) is 31.5 Å². The summed E-state index contributed by atoms with van der Waals surface area (Å²) in [5, 5.41) is 3.39. The van der Waals surface area contributed by atoms with Gasteiger partial charge in [-0.1, -0.05) is 25.1 Å². The van der Waals surface area contributed by atoms with Gasteiger partial charge in [-0.2, -0.15) is 0 Å². The highest BCUT2D eigenvalue weighted by Crippen LogP contribution is 2.30. The first-order valence-electron chi connectivity index (χ1n) is 6.83. The Hall–Kier alpha value is -1.68. The molecule has 1 aliphatic heterocycles. The molecular weight excluding hydrogens is 240 g/mol. The number of carbonyl (C=O) groups is 2. The Morgan fingerprint density at radius 3 is 2.47 bits per heavy atom. The molecule has 0 radical (unpaired) electrons. The maximum absolute atomic E-state index is 11.9. The zero-order valence-electron chi connectivity index (χ0n) is 11.5. The molecule has 0 aliphatic carbocycles. The SMILES string of the molecule is CCCNC(C)c1ccccc1N1C(=O)CCC1=O. The lowest BCUT2D eigenvalue weighted by atomic mass is 10.0. The monoisotopic (exact) mass is 260 g/mol. The number of nitrogens with zero attached hydrogens (tertiary/aromatic N) is 1. The minimum atomic E-state index is -0.0971. The van der Waals surface area contributed by atoms with E-state index in [2.05, 4.69) is 19.2 Å². The van der Waals surface area contributed by atoms with Crippen molar-refractivity contribution in [3.63, 3.8) is 0 Å². The molecule has 1 aromatic rings. The summed E-state index contributed by atoms with van der Waals surface area (Å²) in [7, 11) is 0. The van der Waals surface area contributed by atoms with Crippen LogP contribution in [-0.4, -0.2) is 18.4 Å². The summed E-state index contributed by atoms with van der Waals surface area (Å²) in [6, 6.07) is 7.75. The lowest BCUT2D eigenvalue weighted by molar-refractivity contribution is -0.121. The predicted octanol–water partition coefficient (Wildman–Crippen LogP) is 2.40. The van der Waals surface area contributed by atoms with Crippen LogP contribution in [0.5, 0.6) is 0 Å². The van der Waals surface area contributed by atoms with E-state index in [4.69, 9.17) is 0 Å². The number of hydrogen-bond donors (Lipinski definition) is 1. The van der Waals surface area contributed by atoms with Crippen LogP contribution in [-0.2, 0) is 9.59 Å². The standard InChI is InChI=1S/C15H20N2O2/c1-3-10-16-11(2)12-6-4-5-7-13(12)17-14(18)8-9-15(17)19/h4-7,11,16H,3,8-10H2,1-2H3. The quantitative estimate of drug-likeness (QED) is 0.827. The van der Waals surface area contributed by atoms with Crippen molar-refractivity contribution in [1.29, 1.82) is 0 Å². The van der Waals surface area contributed by atoms with Crippen molar-refractivity contribution >= 4 is 17.5 Å². The third kappa shape index (κ3) is 2.84. The normalized spacial score (nSPS) is 17.1. The van der Waals surface area contributed by atoms with E-state index in [-0.39, 0.29) is 17.9 Å². The van der Waals surface area contributed by atoms with Gasteiger partial charge in [0.05, 0.1) is 5.69 Å². The van der Waals surface area contributed by atoms with Gasteiger partial charge in [0.1, 0.15) is 0 Å². The third-order valence-electron chi connectivity index (χ3n) is 3.40. The van der Waals surface area contributed by atoms with Gasteiger partial charge < -0.3 is 5.32 Å². The third-order valence-corrected chi connectivity index (χ3v) is 3.40. The van der Waals surface area contributed by atoms with Crippen LogP contribution < -0.4 is 10.2 Å². The van der Waals surface area contributed by atoms with Gasteiger partial charge in [0.2, 0.25) is 11.8 Å². The topological polar surface area (TPSA) is 49.4 Å². The lowest BCUT2D eigenvalue weighted by Gasteiger charge is -2.22. The minimum absolute atomic E-state index is 0.0971. The zero-order valence-corrected chi connectivity index (χ0v) is 11.5. The van der Waals surface area contributed by atoms with Crippen molar-refractivity contribution in [3.05, 3.63) is 29.8 Å². The van der Waals surface area contributed by atoms with E-state index in [1.807, 2.05) is 24.3 Å². The van der Waals surface area contributed by atoms with Crippen LogP contribution in [0.3, 0.4) is 0 Å². The van der Waals surface area contributed by atoms with Crippen LogP contribution in [0.25, 0.3) is 0 Å².